The Morgan fingerprint density at radius 3 is 2.72 bits per heavy atom. The summed E-state index contributed by atoms with van der Waals surface area (Å²) >= 11 is 0. The molecule has 2 aliphatic heterocycles. The van der Waals surface area contributed by atoms with Gasteiger partial charge >= 0.3 is 0 Å². The minimum absolute atomic E-state index is 0.691. The lowest BCUT2D eigenvalue weighted by molar-refractivity contribution is 0.204. The summed E-state index contributed by atoms with van der Waals surface area (Å²) in [6.45, 7) is 14.3. The first kappa shape index (κ1) is 21.6. The van der Waals surface area contributed by atoms with E-state index in [9.17, 15) is 0 Å². The van der Waals surface area contributed by atoms with Gasteiger partial charge in [0, 0.05) is 30.7 Å². The molecule has 1 aromatic carbocycles. The van der Waals surface area contributed by atoms with E-state index in [1.54, 1.807) is 0 Å². The Balaban J connectivity index is 1.99. The molecule has 0 saturated carbocycles. The summed E-state index contributed by atoms with van der Waals surface area (Å²) in [4.78, 5) is 4.79. The van der Waals surface area contributed by atoms with Crippen LogP contribution in [-0.2, 0) is 6.54 Å². The van der Waals surface area contributed by atoms with Crippen molar-refractivity contribution in [1.82, 2.24) is 15.1 Å². The van der Waals surface area contributed by atoms with Crippen LogP contribution in [0.4, 0.5) is 0 Å². The molecule has 1 unspecified atom stereocenters. The number of piperidine rings is 1. The molecule has 2 heterocycles. The van der Waals surface area contributed by atoms with Gasteiger partial charge in [0.15, 0.2) is 0 Å². The van der Waals surface area contributed by atoms with Crippen LogP contribution in [0.1, 0.15) is 49.8 Å². The number of nitrogens with zero attached hydrogens (tertiary/aromatic N) is 2. The van der Waals surface area contributed by atoms with Crippen LogP contribution in [0.15, 0.2) is 60.1 Å². The molecule has 1 aromatic rings. The third kappa shape index (κ3) is 5.29. The second-order valence-corrected chi connectivity index (χ2v) is 8.79. The second kappa shape index (κ2) is 9.60. The average Bonchev–Trinajstić information content (AvgIpc) is 2.67. The first-order chi connectivity index (χ1) is 13.9. The molecule has 0 radical (unpaired) electrons. The van der Waals surface area contributed by atoms with E-state index in [-0.39, 0.29) is 0 Å². The number of hydrogen-bond donors (Lipinski definition) is 1. The SMILES string of the molecule is C=C1C=C(C)C=CN1/C(CC1CCCN(C)C1)=C(\C)c1ccc(CNC)cc1C. The maximum absolute atomic E-state index is 4.36. The number of hydrogen-bond acceptors (Lipinski definition) is 3. The standard InChI is InChI=1S/C26H37N3/c1-19-11-13-29(21(3)14-19)26(16-24-8-7-12-28(6)18-24)22(4)25-10-9-23(17-27-5)15-20(25)2/h9-11,13-15,24,27H,3,7-8,12,16-18H2,1-2,4-6H3/b26-22+. The molecular weight excluding hydrogens is 354 g/mol. The summed E-state index contributed by atoms with van der Waals surface area (Å²) in [6, 6.07) is 6.85. The molecule has 3 nitrogen and oxygen atoms in total. The molecule has 0 amide bonds. The van der Waals surface area contributed by atoms with E-state index in [0.717, 1.165) is 18.7 Å². The highest BCUT2D eigenvalue weighted by Gasteiger charge is 2.24. The number of nitrogens with one attached hydrogen (secondary N) is 1. The van der Waals surface area contributed by atoms with Crippen LogP contribution in [0.2, 0.25) is 0 Å². The minimum atomic E-state index is 0.691. The molecule has 1 atom stereocenters. The third-order valence-electron chi connectivity index (χ3n) is 6.19. The zero-order chi connectivity index (χ0) is 21.0. The van der Waals surface area contributed by atoms with Gasteiger partial charge in [-0.25, -0.2) is 0 Å². The molecule has 0 spiro atoms. The molecule has 2 aliphatic rings. The quantitative estimate of drug-likeness (QED) is 0.694. The Bertz CT molecular complexity index is 844. The van der Waals surface area contributed by atoms with Crippen LogP contribution in [0, 0.1) is 12.8 Å². The van der Waals surface area contributed by atoms with Crippen molar-refractivity contribution in [2.24, 2.45) is 5.92 Å². The molecule has 156 valence electrons. The predicted molar refractivity (Wildman–Crippen MR) is 125 cm³/mol. The van der Waals surface area contributed by atoms with Crippen molar-refractivity contribution in [2.75, 3.05) is 27.2 Å². The van der Waals surface area contributed by atoms with E-state index in [4.69, 9.17) is 0 Å². The fourth-order valence-electron chi connectivity index (χ4n) is 4.69. The van der Waals surface area contributed by atoms with Crippen LogP contribution >= 0.6 is 0 Å². The first-order valence-electron chi connectivity index (χ1n) is 10.9. The van der Waals surface area contributed by atoms with E-state index in [0.29, 0.717) is 5.92 Å². The van der Waals surface area contributed by atoms with Crippen molar-refractivity contribution < 1.29 is 0 Å². The summed E-state index contributed by atoms with van der Waals surface area (Å²) in [6.07, 6.45) is 10.3. The van der Waals surface area contributed by atoms with Gasteiger partial charge < -0.3 is 15.1 Å². The molecule has 3 heteroatoms. The number of likely N-dealkylation sites (tertiary alicyclic amines) is 1. The molecule has 1 N–H and O–H groups in total. The number of rotatable bonds is 6. The van der Waals surface area contributed by atoms with Crippen molar-refractivity contribution in [3.05, 3.63) is 76.8 Å². The molecule has 0 aromatic heterocycles. The Hall–Kier alpha value is -2.10. The monoisotopic (exact) mass is 391 g/mol. The molecule has 1 saturated heterocycles. The lowest BCUT2D eigenvalue weighted by Gasteiger charge is -2.35. The van der Waals surface area contributed by atoms with Crippen molar-refractivity contribution >= 4 is 5.57 Å². The molecule has 0 aliphatic carbocycles. The van der Waals surface area contributed by atoms with Crippen LogP contribution in [-0.4, -0.2) is 37.0 Å². The third-order valence-corrected chi connectivity index (χ3v) is 6.19. The van der Waals surface area contributed by atoms with E-state index in [1.807, 2.05) is 7.05 Å². The van der Waals surface area contributed by atoms with E-state index in [1.165, 1.54) is 59.5 Å². The van der Waals surface area contributed by atoms with Gasteiger partial charge in [0.05, 0.1) is 0 Å². The van der Waals surface area contributed by atoms with Gasteiger partial charge in [-0.2, -0.15) is 0 Å². The van der Waals surface area contributed by atoms with Crippen LogP contribution in [0.5, 0.6) is 0 Å². The number of aryl methyl sites for hydroxylation is 1. The fourth-order valence-corrected chi connectivity index (χ4v) is 4.69. The summed E-state index contributed by atoms with van der Waals surface area (Å²) in [7, 11) is 4.25. The minimum Gasteiger partial charge on any atom is -0.321 e. The summed E-state index contributed by atoms with van der Waals surface area (Å²) in [5.41, 5.74) is 9.09. The zero-order valence-electron chi connectivity index (χ0n) is 18.9. The topological polar surface area (TPSA) is 18.5 Å². The predicted octanol–water partition coefficient (Wildman–Crippen LogP) is 5.47. The van der Waals surface area contributed by atoms with E-state index in [2.05, 4.69) is 86.1 Å². The Labute approximate surface area is 177 Å². The lowest BCUT2D eigenvalue weighted by Crippen LogP contribution is -2.33. The van der Waals surface area contributed by atoms with Gasteiger partial charge in [-0.3, -0.25) is 0 Å². The fraction of sp³-hybridized carbons (Fsp3) is 0.462. The molecule has 3 rings (SSSR count). The van der Waals surface area contributed by atoms with Gasteiger partial charge in [-0.15, -0.1) is 0 Å². The van der Waals surface area contributed by atoms with Crippen molar-refractivity contribution in [3.8, 4) is 0 Å². The maximum atomic E-state index is 4.36. The highest BCUT2D eigenvalue weighted by molar-refractivity contribution is 5.70. The first-order valence-corrected chi connectivity index (χ1v) is 10.9. The summed E-state index contributed by atoms with van der Waals surface area (Å²) in [5.74, 6) is 0.691. The molecule has 1 fully saturated rings. The van der Waals surface area contributed by atoms with Crippen LogP contribution in [0.3, 0.4) is 0 Å². The summed E-state index contributed by atoms with van der Waals surface area (Å²) < 4.78 is 0. The Morgan fingerprint density at radius 2 is 2.07 bits per heavy atom. The molecular formula is C26H37N3. The highest BCUT2D eigenvalue weighted by Crippen LogP contribution is 2.34. The normalized spacial score (nSPS) is 21.3. The largest absolute Gasteiger partial charge is 0.321 e. The molecule has 0 bridgehead atoms. The lowest BCUT2D eigenvalue weighted by atomic mass is 9.89. The maximum Gasteiger partial charge on any atom is 0.0383 e. The van der Waals surface area contributed by atoms with E-state index >= 15 is 0 Å². The van der Waals surface area contributed by atoms with Gasteiger partial charge in [0.2, 0.25) is 0 Å². The van der Waals surface area contributed by atoms with Crippen molar-refractivity contribution in [2.45, 2.75) is 46.6 Å². The van der Waals surface area contributed by atoms with Crippen molar-refractivity contribution in [1.29, 1.82) is 0 Å². The zero-order valence-corrected chi connectivity index (χ0v) is 18.9. The second-order valence-electron chi connectivity index (χ2n) is 8.79. The van der Waals surface area contributed by atoms with Gasteiger partial charge in [0.1, 0.15) is 0 Å². The van der Waals surface area contributed by atoms with Gasteiger partial charge in [-0.05, 0) is 107 Å². The van der Waals surface area contributed by atoms with Crippen LogP contribution < -0.4 is 5.32 Å². The average molecular weight is 392 g/mol. The smallest absolute Gasteiger partial charge is 0.0383 e. The van der Waals surface area contributed by atoms with E-state index < -0.39 is 0 Å². The number of benzene rings is 1. The highest BCUT2D eigenvalue weighted by atomic mass is 15.1. The Kier molecular flexibility index (Phi) is 7.15. The molecule has 29 heavy (non-hydrogen) atoms. The van der Waals surface area contributed by atoms with Crippen molar-refractivity contribution in [3.63, 3.8) is 0 Å². The van der Waals surface area contributed by atoms with Crippen LogP contribution in [0.25, 0.3) is 5.57 Å². The Morgan fingerprint density at radius 1 is 1.28 bits per heavy atom. The summed E-state index contributed by atoms with van der Waals surface area (Å²) in [5, 5.41) is 3.25. The van der Waals surface area contributed by atoms with Gasteiger partial charge in [-0.1, -0.05) is 24.8 Å². The van der Waals surface area contributed by atoms with Gasteiger partial charge in [0.25, 0.3) is 0 Å². The number of allylic oxidation sites excluding steroid dienone is 5.